The Kier molecular flexibility index (Phi) is 2.37. The van der Waals surface area contributed by atoms with E-state index in [2.05, 4.69) is 11.0 Å². The molecular formula is C8H12N2OS. The fourth-order valence-corrected chi connectivity index (χ4v) is 2.26. The van der Waals surface area contributed by atoms with Gasteiger partial charge in [-0.1, -0.05) is 11.8 Å². The van der Waals surface area contributed by atoms with Crippen LogP contribution in [0.4, 0.5) is 0 Å². The molecule has 12 heavy (non-hydrogen) atoms. The number of ether oxygens (including phenoxy) is 1. The van der Waals surface area contributed by atoms with Crippen molar-refractivity contribution in [1.29, 1.82) is 5.41 Å². The van der Waals surface area contributed by atoms with Crippen LogP contribution in [-0.4, -0.2) is 36.2 Å². The molecule has 4 heteroatoms. The van der Waals surface area contributed by atoms with Gasteiger partial charge in [0.05, 0.1) is 23.3 Å². The number of hydrogen-bond acceptors (Lipinski definition) is 4. The Morgan fingerprint density at radius 2 is 2.17 bits per heavy atom. The molecule has 0 radical (unpaired) electrons. The Labute approximate surface area is 76.3 Å². The molecule has 1 saturated heterocycles. The van der Waals surface area contributed by atoms with Crippen molar-refractivity contribution >= 4 is 16.8 Å². The lowest BCUT2D eigenvalue weighted by atomic mass is 10.4. The van der Waals surface area contributed by atoms with Crippen LogP contribution in [0.1, 0.15) is 6.42 Å². The third-order valence-electron chi connectivity index (χ3n) is 2.01. The summed E-state index contributed by atoms with van der Waals surface area (Å²) in [7, 11) is 0. The number of rotatable bonds is 1. The van der Waals surface area contributed by atoms with Crippen molar-refractivity contribution in [2.24, 2.45) is 0 Å². The highest BCUT2D eigenvalue weighted by molar-refractivity contribution is 8.17. The largest absolute Gasteiger partial charge is 0.378 e. The van der Waals surface area contributed by atoms with Crippen LogP contribution in [0.5, 0.6) is 0 Å². The third kappa shape index (κ3) is 1.64. The minimum atomic E-state index is 0.761. The molecule has 0 amide bonds. The molecule has 2 aliphatic heterocycles. The molecule has 0 spiro atoms. The van der Waals surface area contributed by atoms with E-state index in [4.69, 9.17) is 10.1 Å². The monoisotopic (exact) mass is 184 g/mol. The van der Waals surface area contributed by atoms with Crippen LogP contribution < -0.4 is 0 Å². The maximum atomic E-state index is 7.45. The topological polar surface area (TPSA) is 36.3 Å². The minimum absolute atomic E-state index is 0.761. The minimum Gasteiger partial charge on any atom is -0.378 e. The van der Waals surface area contributed by atoms with Crippen molar-refractivity contribution < 1.29 is 4.74 Å². The SMILES string of the molecule is N=C1CC=C(N2CCOCC2)S1. The first-order valence-electron chi connectivity index (χ1n) is 4.14. The second-order valence-electron chi connectivity index (χ2n) is 2.87. The van der Waals surface area contributed by atoms with Crippen molar-refractivity contribution in [3.8, 4) is 0 Å². The van der Waals surface area contributed by atoms with Gasteiger partial charge >= 0.3 is 0 Å². The van der Waals surface area contributed by atoms with Crippen molar-refractivity contribution in [2.45, 2.75) is 6.42 Å². The van der Waals surface area contributed by atoms with Crippen molar-refractivity contribution in [1.82, 2.24) is 4.90 Å². The first-order valence-corrected chi connectivity index (χ1v) is 4.96. The third-order valence-corrected chi connectivity index (χ3v) is 3.06. The summed E-state index contributed by atoms with van der Waals surface area (Å²) in [4.78, 5) is 2.30. The lowest BCUT2D eigenvalue weighted by Crippen LogP contribution is -2.34. The van der Waals surface area contributed by atoms with Gasteiger partial charge in [0.2, 0.25) is 0 Å². The molecule has 0 aromatic heterocycles. The lowest BCUT2D eigenvalue weighted by Gasteiger charge is -2.28. The maximum absolute atomic E-state index is 7.45. The van der Waals surface area contributed by atoms with Gasteiger partial charge in [-0.2, -0.15) is 0 Å². The van der Waals surface area contributed by atoms with E-state index in [9.17, 15) is 0 Å². The molecular weight excluding hydrogens is 172 g/mol. The number of nitrogens with zero attached hydrogens (tertiary/aromatic N) is 1. The van der Waals surface area contributed by atoms with Crippen molar-refractivity contribution in [3.05, 3.63) is 11.1 Å². The van der Waals surface area contributed by atoms with Gasteiger partial charge in [-0.25, -0.2) is 0 Å². The van der Waals surface area contributed by atoms with Gasteiger partial charge in [0.1, 0.15) is 0 Å². The Hall–Kier alpha value is -0.480. The summed E-state index contributed by atoms with van der Waals surface area (Å²) in [6.45, 7) is 3.61. The zero-order valence-corrected chi connectivity index (χ0v) is 7.69. The lowest BCUT2D eigenvalue weighted by molar-refractivity contribution is 0.0577. The van der Waals surface area contributed by atoms with E-state index in [1.165, 1.54) is 5.03 Å². The van der Waals surface area contributed by atoms with Crippen LogP contribution in [0.15, 0.2) is 11.1 Å². The maximum Gasteiger partial charge on any atom is 0.0741 e. The summed E-state index contributed by atoms with van der Waals surface area (Å²) in [6, 6.07) is 0. The predicted octanol–water partition coefficient (Wildman–Crippen LogP) is 1.27. The summed E-state index contributed by atoms with van der Waals surface area (Å²) >= 11 is 1.59. The standard InChI is InChI=1S/C8H12N2OS/c9-7-1-2-8(12-7)10-3-5-11-6-4-10/h2,9H,1,3-6H2. The van der Waals surface area contributed by atoms with Gasteiger partial charge in [0.25, 0.3) is 0 Å². The zero-order valence-electron chi connectivity index (χ0n) is 6.88. The molecule has 1 N–H and O–H groups in total. The summed E-state index contributed by atoms with van der Waals surface area (Å²) < 4.78 is 5.25. The highest BCUT2D eigenvalue weighted by Gasteiger charge is 2.19. The number of nitrogens with one attached hydrogen (secondary N) is 1. The van der Waals surface area contributed by atoms with Gasteiger partial charge in [0.15, 0.2) is 0 Å². The molecule has 1 fully saturated rings. The molecule has 0 aromatic rings. The molecule has 2 heterocycles. The Morgan fingerprint density at radius 1 is 1.42 bits per heavy atom. The fourth-order valence-electron chi connectivity index (χ4n) is 1.37. The summed E-state index contributed by atoms with van der Waals surface area (Å²) in [5, 5.41) is 9.46. The van der Waals surface area contributed by atoms with Crippen LogP contribution in [0.3, 0.4) is 0 Å². The van der Waals surface area contributed by atoms with Crippen LogP contribution >= 0.6 is 11.8 Å². The molecule has 2 rings (SSSR count). The Balaban J connectivity index is 1.95. The van der Waals surface area contributed by atoms with E-state index in [0.29, 0.717) is 0 Å². The summed E-state index contributed by atoms with van der Waals surface area (Å²) in [5.74, 6) is 0. The zero-order chi connectivity index (χ0) is 8.39. The first-order chi connectivity index (χ1) is 5.86. The Bertz CT molecular complexity index is 221. The average molecular weight is 184 g/mol. The quantitative estimate of drug-likeness (QED) is 0.666. The normalized spacial score (nSPS) is 24.5. The van der Waals surface area contributed by atoms with E-state index in [1.54, 1.807) is 11.8 Å². The smallest absolute Gasteiger partial charge is 0.0741 e. The van der Waals surface area contributed by atoms with Crippen molar-refractivity contribution in [3.63, 3.8) is 0 Å². The fraction of sp³-hybridized carbons (Fsp3) is 0.625. The highest BCUT2D eigenvalue weighted by atomic mass is 32.2. The number of allylic oxidation sites excluding steroid dienone is 1. The average Bonchev–Trinajstić information content (AvgIpc) is 2.54. The van der Waals surface area contributed by atoms with E-state index in [-0.39, 0.29) is 0 Å². The molecule has 0 bridgehead atoms. The highest BCUT2D eigenvalue weighted by Crippen LogP contribution is 2.29. The number of morpholine rings is 1. The second-order valence-corrected chi connectivity index (χ2v) is 3.99. The molecule has 3 nitrogen and oxygen atoms in total. The summed E-state index contributed by atoms with van der Waals surface area (Å²) in [5.41, 5.74) is 0. The van der Waals surface area contributed by atoms with E-state index >= 15 is 0 Å². The van der Waals surface area contributed by atoms with Crippen LogP contribution in [-0.2, 0) is 4.74 Å². The van der Waals surface area contributed by atoms with Gasteiger partial charge in [-0.3, -0.25) is 5.41 Å². The Morgan fingerprint density at radius 3 is 2.75 bits per heavy atom. The predicted molar refractivity (Wildman–Crippen MR) is 50.4 cm³/mol. The molecule has 0 aliphatic carbocycles. The molecule has 0 unspecified atom stereocenters. The number of hydrogen-bond donors (Lipinski definition) is 1. The molecule has 66 valence electrons. The van der Waals surface area contributed by atoms with Gasteiger partial charge in [-0.05, 0) is 6.08 Å². The molecule has 0 atom stereocenters. The van der Waals surface area contributed by atoms with Gasteiger partial charge in [0, 0.05) is 19.5 Å². The van der Waals surface area contributed by atoms with Crippen LogP contribution in [0, 0.1) is 5.41 Å². The van der Waals surface area contributed by atoms with Gasteiger partial charge < -0.3 is 9.64 Å². The van der Waals surface area contributed by atoms with Gasteiger partial charge in [-0.15, -0.1) is 0 Å². The molecule has 0 saturated carbocycles. The molecule has 2 aliphatic rings. The first kappa shape index (κ1) is 8.13. The second kappa shape index (κ2) is 3.49. The van der Waals surface area contributed by atoms with E-state index in [0.717, 1.165) is 37.8 Å². The summed E-state index contributed by atoms with van der Waals surface area (Å²) in [6.07, 6.45) is 2.95. The van der Waals surface area contributed by atoms with Crippen LogP contribution in [0.25, 0.3) is 0 Å². The molecule has 0 aromatic carbocycles. The van der Waals surface area contributed by atoms with E-state index in [1.807, 2.05) is 0 Å². The van der Waals surface area contributed by atoms with Crippen molar-refractivity contribution in [2.75, 3.05) is 26.3 Å². The number of thioether (sulfide) groups is 1. The van der Waals surface area contributed by atoms with Crippen LogP contribution in [0.2, 0.25) is 0 Å². The van der Waals surface area contributed by atoms with E-state index < -0.39 is 0 Å².